The van der Waals surface area contributed by atoms with Crippen molar-refractivity contribution >= 4 is 10.0 Å². The number of hydrogen-bond acceptors (Lipinski definition) is 5. The van der Waals surface area contributed by atoms with E-state index in [-0.39, 0.29) is 17.5 Å². The first-order valence-electron chi connectivity index (χ1n) is 6.26. The second-order valence-electron chi connectivity index (χ2n) is 4.64. The van der Waals surface area contributed by atoms with Crippen LogP contribution < -0.4 is 10.5 Å². The molecule has 0 aliphatic rings. The quantitative estimate of drug-likeness (QED) is 0.843. The molecule has 2 heterocycles. The Morgan fingerprint density at radius 3 is 2.70 bits per heavy atom. The molecule has 0 aromatic carbocycles. The number of aryl methyl sites for hydroxylation is 1. The van der Waals surface area contributed by atoms with Crippen LogP contribution in [0.5, 0.6) is 0 Å². The van der Waals surface area contributed by atoms with Crippen LogP contribution in [0, 0.1) is 6.92 Å². The van der Waals surface area contributed by atoms with Crippen molar-refractivity contribution < 1.29 is 17.3 Å². The maximum atomic E-state index is 12.3. The highest BCUT2D eigenvalue weighted by atomic mass is 32.2. The monoisotopic (exact) mass is 298 g/mol. The lowest BCUT2D eigenvalue weighted by Crippen LogP contribution is -2.34. The summed E-state index contributed by atoms with van der Waals surface area (Å²) in [6.45, 7) is 3.54. The van der Waals surface area contributed by atoms with Crippen LogP contribution in [0.15, 0.2) is 38.2 Å². The van der Waals surface area contributed by atoms with E-state index in [1.165, 1.54) is 6.07 Å². The van der Waals surface area contributed by atoms with E-state index in [0.717, 1.165) is 5.76 Å². The van der Waals surface area contributed by atoms with Crippen LogP contribution in [0.25, 0.3) is 0 Å². The zero-order valence-electron chi connectivity index (χ0n) is 11.4. The van der Waals surface area contributed by atoms with Crippen LogP contribution in [0.1, 0.15) is 24.2 Å². The van der Waals surface area contributed by atoms with Crippen molar-refractivity contribution in [2.75, 3.05) is 0 Å². The average Bonchev–Trinajstić information content (AvgIpc) is 2.97. The molecular weight excluding hydrogens is 280 g/mol. The minimum Gasteiger partial charge on any atom is -0.469 e. The van der Waals surface area contributed by atoms with E-state index >= 15 is 0 Å². The van der Waals surface area contributed by atoms with Crippen LogP contribution >= 0.6 is 0 Å². The van der Waals surface area contributed by atoms with E-state index in [9.17, 15) is 8.42 Å². The van der Waals surface area contributed by atoms with Crippen LogP contribution in [0.4, 0.5) is 0 Å². The summed E-state index contributed by atoms with van der Waals surface area (Å²) in [5.74, 6) is 1.51. The molecule has 0 spiro atoms. The molecular formula is C13H18N2O4S. The average molecular weight is 298 g/mol. The predicted molar refractivity (Wildman–Crippen MR) is 73.5 cm³/mol. The fourth-order valence-electron chi connectivity index (χ4n) is 1.99. The van der Waals surface area contributed by atoms with Gasteiger partial charge in [0.2, 0.25) is 10.0 Å². The van der Waals surface area contributed by atoms with E-state index < -0.39 is 10.0 Å². The lowest BCUT2D eigenvalue weighted by atomic mass is 10.2. The standard InChI is InChI=1S/C13H18N2O4S/c1-9(6-11-4-3-5-18-11)15-20(16,17)13-7-12(8-14)19-10(13)2/h3-5,7,9,15H,6,8,14H2,1-2H3. The van der Waals surface area contributed by atoms with E-state index in [1.807, 2.05) is 0 Å². The van der Waals surface area contributed by atoms with E-state index in [1.54, 1.807) is 32.2 Å². The molecule has 3 N–H and O–H groups in total. The third-order valence-electron chi connectivity index (χ3n) is 2.86. The van der Waals surface area contributed by atoms with Gasteiger partial charge in [-0.05, 0) is 26.0 Å². The zero-order chi connectivity index (χ0) is 14.8. The Morgan fingerprint density at radius 1 is 1.40 bits per heavy atom. The minimum atomic E-state index is -3.62. The summed E-state index contributed by atoms with van der Waals surface area (Å²) in [4.78, 5) is 0.129. The lowest BCUT2D eigenvalue weighted by Gasteiger charge is -2.12. The van der Waals surface area contributed by atoms with Gasteiger partial charge in [-0.15, -0.1) is 0 Å². The topological polar surface area (TPSA) is 98.5 Å². The van der Waals surface area contributed by atoms with Crippen LogP contribution in [-0.2, 0) is 23.0 Å². The molecule has 6 nitrogen and oxygen atoms in total. The fraction of sp³-hybridized carbons (Fsp3) is 0.385. The Labute approximate surface area is 118 Å². The van der Waals surface area contributed by atoms with E-state index in [0.29, 0.717) is 17.9 Å². The van der Waals surface area contributed by atoms with Crippen molar-refractivity contribution in [3.63, 3.8) is 0 Å². The molecule has 0 fully saturated rings. The molecule has 20 heavy (non-hydrogen) atoms. The molecule has 0 amide bonds. The van der Waals surface area contributed by atoms with Gasteiger partial charge in [-0.1, -0.05) is 0 Å². The minimum absolute atomic E-state index is 0.129. The highest BCUT2D eigenvalue weighted by molar-refractivity contribution is 7.89. The van der Waals surface area contributed by atoms with Crippen LogP contribution in [-0.4, -0.2) is 14.5 Å². The van der Waals surface area contributed by atoms with Crippen molar-refractivity contribution in [3.8, 4) is 0 Å². The number of nitrogens with one attached hydrogen (secondary N) is 1. The number of sulfonamides is 1. The highest BCUT2D eigenvalue weighted by Crippen LogP contribution is 2.20. The molecule has 2 aromatic rings. The van der Waals surface area contributed by atoms with Gasteiger partial charge in [-0.3, -0.25) is 0 Å². The summed E-state index contributed by atoms with van der Waals surface area (Å²) in [7, 11) is -3.62. The molecule has 0 aliphatic carbocycles. The van der Waals surface area contributed by atoms with Crippen molar-refractivity contribution in [3.05, 3.63) is 41.7 Å². The molecule has 0 aliphatic heterocycles. The van der Waals surface area contributed by atoms with Crippen molar-refractivity contribution in [2.24, 2.45) is 5.73 Å². The van der Waals surface area contributed by atoms with Gasteiger partial charge in [-0.25, -0.2) is 13.1 Å². The molecule has 0 bridgehead atoms. The van der Waals surface area contributed by atoms with Gasteiger partial charge in [-0.2, -0.15) is 0 Å². The van der Waals surface area contributed by atoms with Gasteiger partial charge < -0.3 is 14.6 Å². The summed E-state index contributed by atoms with van der Waals surface area (Å²) < 4.78 is 37.6. The molecule has 0 saturated heterocycles. The van der Waals surface area contributed by atoms with Crippen LogP contribution in [0.3, 0.4) is 0 Å². The Morgan fingerprint density at radius 2 is 2.15 bits per heavy atom. The Kier molecular flexibility index (Phi) is 4.32. The van der Waals surface area contributed by atoms with Gasteiger partial charge in [0, 0.05) is 18.5 Å². The van der Waals surface area contributed by atoms with E-state index in [4.69, 9.17) is 14.6 Å². The summed E-state index contributed by atoms with van der Waals surface area (Å²) in [5.41, 5.74) is 5.45. The molecule has 0 radical (unpaired) electrons. The summed E-state index contributed by atoms with van der Waals surface area (Å²) in [5, 5.41) is 0. The first-order valence-corrected chi connectivity index (χ1v) is 7.75. The Hall–Kier alpha value is -1.57. The highest BCUT2D eigenvalue weighted by Gasteiger charge is 2.23. The van der Waals surface area contributed by atoms with Crippen molar-refractivity contribution in [2.45, 2.75) is 37.8 Å². The number of rotatable bonds is 6. The SMILES string of the molecule is Cc1oc(CN)cc1S(=O)(=O)NC(C)Cc1ccco1. The van der Waals surface area contributed by atoms with E-state index in [2.05, 4.69) is 4.72 Å². The predicted octanol–water partition coefficient (Wildman–Crippen LogP) is 1.55. The molecule has 1 unspecified atom stereocenters. The summed E-state index contributed by atoms with van der Waals surface area (Å²) in [6.07, 6.45) is 2.04. The van der Waals surface area contributed by atoms with Crippen LogP contribution in [0.2, 0.25) is 0 Å². The van der Waals surface area contributed by atoms with Crippen molar-refractivity contribution in [1.82, 2.24) is 4.72 Å². The smallest absolute Gasteiger partial charge is 0.244 e. The molecule has 110 valence electrons. The molecule has 2 aromatic heterocycles. The summed E-state index contributed by atoms with van der Waals surface area (Å²) >= 11 is 0. The second kappa shape index (κ2) is 5.82. The first-order chi connectivity index (χ1) is 9.42. The molecule has 0 saturated carbocycles. The lowest BCUT2D eigenvalue weighted by molar-refractivity contribution is 0.473. The maximum Gasteiger partial charge on any atom is 0.244 e. The van der Waals surface area contributed by atoms with Gasteiger partial charge in [0.15, 0.2) is 0 Å². The van der Waals surface area contributed by atoms with Gasteiger partial charge in [0.1, 0.15) is 22.2 Å². The number of hydrogen-bond donors (Lipinski definition) is 2. The largest absolute Gasteiger partial charge is 0.469 e. The van der Waals surface area contributed by atoms with Gasteiger partial charge >= 0.3 is 0 Å². The normalized spacial score (nSPS) is 13.6. The van der Waals surface area contributed by atoms with Gasteiger partial charge in [0.05, 0.1) is 12.8 Å². The number of furan rings is 2. The molecule has 1 atom stereocenters. The zero-order valence-corrected chi connectivity index (χ0v) is 12.2. The number of nitrogens with two attached hydrogens (primary N) is 1. The third kappa shape index (κ3) is 3.30. The summed E-state index contributed by atoms with van der Waals surface area (Å²) in [6, 6.07) is 4.74. The first kappa shape index (κ1) is 14.8. The Bertz CT molecular complexity index is 659. The van der Waals surface area contributed by atoms with Gasteiger partial charge in [0.25, 0.3) is 0 Å². The third-order valence-corrected chi connectivity index (χ3v) is 4.55. The van der Waals surface area contributed by atoms with Crippen molar-refractivity contribution in [1.29, 1.82) is 0 Å². The second-order valence-corrected chi connectivity index (χ2v) is 6.33. The maximum absolute atomic E-state index is 12.3. The Balaban J connectivity index is 2.12. The molecule has 2 rings (SSSR count). The fourth-order valence-corrected chi connectivity index (χ4v) is 3.44. The molecule has 7 heteroatoms.